The summed E-state index contributed by atoms with van der Waals surface area (Å²) in [6, 6.07) is 2.21. The highest BCUT2D eigenvalue weighted by Gasteiger charge is 2.20. The van der Waals surface area contributed by atoms with Gasteiger partial charge in [-0.15, -0.1) is 0 Å². The van der Waals surface area contributed by atoms with Crippen LogP contribution < -0.4 is 0 Å². The second-order valence-corrected chi connectivity index (χ2v) is 2.93. The van der Waals surface area contributed by atoms with E-state index in [0.29, 0.717) is 11.1 Å². The molecule has 1 aliphatic rings. The fraction of sp³-hybridized carbons (Fsp3) is 0.222. The maximum Gasteiger partial charge on any atom is 0.159 e. The van der Waals surface area contributed by atoms with Crippen LogP contribution in [0.3, 0.4) is 0 Å². The lowest BCUT2D eigenvalue weighted by Gasteiger charge is -1.97. The van der Waals surface area contributed by atoms with E-state index in [1.165, 1.54) is 0 Å². The number of carbonyl (C=O) groups excluding carboxylic acids is 1. The molecule has 1 aromatic carbocycles. The molecule has 0 heterocycles. The number of hydrogen-bond donors (Lipinski definition) is 0. The lowest BCUT2D eigenvalue weighted by atomic mass is 10.1. The highest BCUT2D eigenvalue weighted by Crippen LogP contribution is 2.22. The molecule has 2 rings (SSSR count). The first-order valence-corrected chi connectivity index (χ1v) is 3.65. The molecule has 0 atom stereocenters. The minimum absolute atomic E-state index is 0.0231. The minimum atomic E-state index is -0.872. The van der Waals surface area contributed by atoms with Crippen LogP contribution in [0.5, 0.6) is 0 Å². The van der Waals surface area contributed by atoms with Crippen molar-refractivity contribution >= 4 is 5.78 Å². The van der Waals surface area contributed by atoms with Crippen molar-refractivity contribution in [3.05, 3.63) is 34.9 Å². The van der Waals surface area contributed by atoms with Gasteiger partial charge in [0.2, 0.25) is 0 Å². The van der Waals surface area contributed by atoms with Gasteiger partial charge in [-0.1, -0.05) is 0 Å². The average molecular weight is 168 g/mol. The van der Waals surface area contributed by atoms with Gasteiger partial charge >= 0.3 is 0 Å². The summed E-state index contributed by atoms with van der Waals surface area (Å²) in [7, 11) is 0. The predicted molar refractivity (Wildman–Crippen MR) is 38.8 cm³/mol. The Labute approximate surface area is 68.0 Å². The number of rotatable bonds is 0. The van der Waals surface area contributed by atoms with Crippen molar-refractivity contribution in [2.24, 2.45) is 0 Å². The Bertz CT molecular complexity index is 325. The number of fused-ring (bicyclic) bond motifs is 1. The Hall–Kier alpha value is -1.25. The molecule has 0 saturated heterocycles. The topological polar surface area (TPSA) is 17.1 Å². The molecule has 62 valence electrons. The van der Waals surface area contributed by atoms with Gasteiger partial charge in [-0.3, -0.25) is 4.79 Å². The smallest absolute Gasteiger partial charge is 0.159 e. The van der Waals surface area contributed by atoms with E-state index in [9.17, 15) is 13.6 Å². The first kappa shape index (κ1) is 7.40. The number of Topliss-reactive ketones (excluding diaryl/α,β-unsaturated/α-hetero) is 1. The fourth-order valence-electron chi connectivity index (χ4n) is 1.45. The molecule has 0 aliphatic heterocycles. The molecule has 0 N–H and O–H groups in total. The van der Waals surface area contributed by atoms with Gasteiger partial charge in [-0.25, -0.2) is 8.78 Å². The van der Waals surface area contributed by atoms with E-state index in [2.05, 4.69) is 0 Å². The van der Waals surface area contributed by atoms with Crippen molar-refractivity contribution in [1.29, 1.82) is 0 Å². The zero-order valence-corrected chi connectivity index (χ0v) is 6.23. The van der Waals surface area contributed by atoms with Crippen LogP contribution >= 0.6 is 0 Å². The monoisotopic (exact) mass is 168 g/mol. The molecule has 3 heteroatoms. The molecule has 0 amide bonds. The molecule has 0 bridgehead atoms. The number of hydrogen-bond acceptors (Lipinski definition) is 1. The van der Waals surface area contributed by atoms with Crippen LogP contribution in [0.15, 0.2) is 12.1 Å². The van der Waals surface area contributed by atoms with Gasteiger partial charge in [0.15, 0.2) is 11.6 Å². The lowest BCUT2D eigenvalue weighted by molar-refractivity contribution is -0.117. The largest absolute Gasteiger partial charge is 0.299 e. The van der Waals surface area contributed by atoms with Gasteiger partial charge < -0.3 is 0 Å². The van der Waals surface area contributed by atoms with Gasteiger partial charge in [0.05, 0.1) is 0 Å². The molecule has 1 aromatic rings. The van der Waals surface area contributed by atoms with Crippen LogP contribution in [0.2, 0.25) is 0 Å². The molecule has 0 radical (unpaired) electrons. The van der Waals surface area contributed by atoms with Crippen molar-refractivity contribution in [1.82, 2.24) is 0 Å². The molecule has 0 aromatic heterocycles. The summed E-state index contributed by atoms with van der Waals surface area (Å²) in [6.45, 7) is 0. The first-order chi connectivity index (χ1) is 5.66. The molecule has 0 saturated carbocycles. The molecule has 1 aliphatic carbocycles. The third-order valence-corrected chi connectivity index (χ3v) is 2.02. The quantitative estimate of drug-likeness (QED) is 0.575. The Morgan fingerprint density at radius 2 is 1.42 bits per heavy atom. The van der Waals surface area contributed by atoms with Crippen molar-refractivity contribution in [3.8, 4) is 0 Å². The normalized spacial score (nSPS) is 15.0. The maximum absolute atomic E-state index is 12.6. The summed E-state index contributed by atoms with van der Waals surface area (Å²) in [5.41, 5.74) is 1.25. The SMILES string of the molecule is O=C1Cc2cc(F)c(F)cc2C1. The van der Waals surface area contributed by atoms with E-state index in [1.807, 2.05) is 0 Å². The number of benzene rings is 1. The van der Waals surface area contributed by atoms with Gasteiger partial charge in [0, 0.05) is 12.8 Å². The Morgan fingerprint density at radius 1 is 1.00 bits per heavy atom. The van der Waals surface area contributed by atoms with Crippen LogP contribution in [0, 0.1) is 11.6 Å². The van der Waals surface area contributed by atoms with E-state index in [4.69, 9.17) is 0 Å². The standard InChI is InChI=1S/C9H6F2O/c10-8-3-5-1-7(12)2-6(5)4-9(8)11/h3-4H,1-2H2. The molecular formula is C9H6F2O. The van der Waals surface area contributed by atoms with E-state index < -0.39 is 11.6 Å². The van der Waals surface area contributed by atoms with Crippen LogP contribution in [-0.2, 0) is 17.6 Å². The molecule has 0 spiro atoms. The van der Waals surface area contributed by atoms with Crippen molar-refractivity contribution in [2.75, 3.05) is 0 Å². The molecule has 1 nitrogen and oxygen atoms in total. The summed E-state index contributed by atoms with van der Waals surface area (Å²) in [5.74, 6) is -1.72. The Balaban J connectivity index is 2.55. The summed E-state index contributed by atoms with van der Waals surface area (Å²) in [6.07, 6.45) is 0.485. The Kier molecular flexibility index (Phi) is 1.46. The zero-order valence-electron chi connectivity index (χ0n) is 6.23. The number of halogens is 2. The third-order valence-electron chi connectivity index (χ3n) is 2.02. The summed E-state index contributed by atoms with van der Waals surface area (Å²) < 4.78 is 25.2. The summed E-state index contributed by atoms with van der Waals surface area (Å²) in [4.78, 5) is 10.9. The van der Waals surface area contributed by atoms with Crippen LogP contribution in [0.25, 0.3) is 0 Å². The van der Waals surface area contributed by atoms with Crippen LogP contribution in [-0.4, -0.2) is 5.78 Å². The van der Waals surface area contributed by atoms with Crippen molar-refractivity contribution in [2.45, 2.75) is 12.8 Å². The van der Waals surface area contributed by atoms with Gasteiger partial charge in [-0.05, 0) is 23.3 Å². The molecular weight excluding hydrogens is 162 g/mol. The minimum Gasteiger partial charge on any atom is -0.299 e. The van der Waals surface area contributed by atoms with Gasteiger partial charge in [-0.2, -0.15) is 0 Å². The first-order valence-electron chi connectivity index (χ1n) is 3.65. The van der Waals surface area contributed by atoms with Gasteiger partial charge in [0.25, 0.3) is 0 Å². The van der Waals surface area contributed by atoms with E-state index in [0.717, 1.165) is 12.1 Å². The second-order valence-electron chi connectivity index (χ2n) is 2.93. The summed E-state index contributed by atoms with van der Waals surface area (Å²) >= 11 is 0. The van der Waals surface area contributed by atoms with E-state index >= 15 is 0 Å². The number of carbonyl (C=O) groups is 1. The van der Waals surface area contributed by atoms with Crippen molar-refractivity contribution < 1.29 is 13.6 Å². The highest BCUT2D eigenvalue weighted by molar-refractivity contribution is 5.87. The molecule has 12 heavy (non-hydrogen) atoms. The maximum atomic E-state index is 12.6. The van der Waals surface area contributed by atoms with Crippen LogP contribution in [0.1, 0.15) is 11.1 Å². The Morgan fingerprint density at radius 3 is 1.83 bits per heavy atom. The predicted octanol–water partition coefficient (Wildman–Crippen LogP) is 1.63. The van der Waals surface area contributed by atoms with E-state index in [-0.39, 0.29) is 18.6 Å². The van der Waals surface area contributed by atoms with E-state index in [1.54, 1.807) is 0 Å². The van der Waals surface area contributed by atoms with Crippen LogP contribution in [0.4, 0.5) is 8.78 Å². The summed E-state index contributed by atoms with van der Waals surface area (Å²) in [5, 5.41) is 0. The average Bonchev–Trinajstić information content (AvgIpc) is 2.30. The lowest BCUT2D eigenvalue weighted by Crippen LogP contribution is -1.92. The fourth-order valence-corrected chi connectivity index (χ4v) is 1.45. The van der Waals surface area contributed by atoms with Gasteiger partial charge in [0.1, 0.15) is 5.78 Å². The zero-order chi connectivity index (χ0) is 8.72. The van der Waals surface area contributed by atoms with Crippen molar-refractivity contribution in [3.63, 3.8) is 0 Å². The highest BCUT2D eigenvalue weighted by atomic mass is 19.2. The second kappa shape index (κ2) is 2.37. The molecule has 0 fully saturated rings. The molecule has 0 unspecified atom stereocenters. The third kappa shape index (κ3) is 1.02. The number of ketones is 1.